The van der Waals surface area contributed by atoms with Crippen LogP contribution in [0.1, 0.15) is 60.8 Å². The van der Waals surface area contributed by atoms with Crippen LogP contribution in [0.5, 0.6) is 23.0 Å². The zero-order valence-corrected chi connectivity index (χ0v) is 27.6. The van der Waals surface area contributed by atoms with Crippen molar-refractivity contribution in [3.8, 4) is 34.3 Å². The maximum Gasteiger partial charge on any atom is 0.255 e. The standard InChI is InChI=1S/C40H42N2O5/c1-5-44-36-19-18-27(23-37(36)45-6-2)22-35-31-26-39(47-8-4)38(46-7-3)24-29(31)20-21-42(35)40(43)32-25-34(28-14-10-9-11-15-28)41-33-17-13-12-16-30(32)33/h9-19,23-26,35H,5-8,20-22H2,1-4H3/t35-/m1/s1. The van der Waals surface area contributed by atoms with Gasteiger partial charge < -0.3 is 23.8 Å². The third kappa shape index (κ3) is 6.75. The lowest BCUT2D eigenvalue weighted by Crippen LogP contribution is -2.41. The zero-order chi connectivity index (χ0) is 32.8. The molecule has 0 bridgehead atoms. The van der Waals surface area contributed by atoms with Crippen LogP contribution in [0, 0.1) is 0 Å². The molecule has 4 aromatic carbocycles. The minimum Gasteiger partial charge on any atom is -0.490 e. The van der Waals surface area contributed by atoms with Crippen molar-refractivity contribution in [2.75, 3.05) is 33.0 Å². The van der Waals surface area contributed by atoms with Gasteiger partial charge in [0.25, 0.3) is 5.91 Å². The fourth-order valence-corrected chi connectivity index (χ4v) is 6.42. The van der Waals surface area contributed by atoms with Crippen molar-refractivity contribution in [2.24, 2.45) is 0 Å². The highest BCUT2D eigenvalue weighted by molar-refractivity contribution is 6.07. The van der Waals surface area contributed by atoms with Crippen LogP contribution in [0.15, 0.2) is 91.0 Å². The topological polar surface area (TPSA) is 70.1 Å². The molecule has 1 aromatic heterocycles. The van der Waals surface area contributed by atoms with Crippen LogP contribution < -0.4 is 18.9 Å². The third-order valence-electron chi connectivity index (χ3n) is 8.48. The number of para-hydroxylation sites is 1. The van der Waals surface area contributed by atoms with Crippen LogP contribution in [0.4, 0.5) is 0 Å². The highest BCUT2D eigenvalue weighted by Gasteiger charge is 2.34. The number of benzene rings is 4. The summed E-state index contributed by atoms with van der Waals surface area (Å²) >= 11 is 0. The van der Waals surface area contributed by atoms with Crippen LogP contribution >= 0.6 is 0 Å². The second-order valence-electron chi connectivity index (χ2n) is 11.4. The van der Waals surface area contributed by atoms with Gasteiger partial charge in [0.1, 0.15) is 0 Å². The third-order valence-corrected chi connectivity index (χ3v) is 8.48. The number of carbonyl (C=O) groups is 1. The van der Waals surface area contributed by atoms with Crippen molar-refractivity contribution in [3.63, 3.8) is 0 Å². The molecule has 0 unspecified atom stereocenters. The molecule has 5 aromatic rings. The Labute approximate surface area is 277 Å². The van der Waals surface area contributed by atoms with Gasteiger partial charge in [-0.15, -0.1) is 0 Å². The molecule has 0 spiro atoms. The minimum absolute atomic E-state index is 0.0285. The maximum atomic E-state index is 14.9. The molecule has 0 N–H and O–H groups in total. The van der Waals surface area contributed by atoms with Crippen LogP contribution in [-0.2, 0) is 12.8 Å². The van der Waals surface area contributed by atoms with Gasteiger partial charge in [-0.25, -0.2) is 4.98 Å². The molecule has 47 heavy (non-hydrogen) atoms. The van der Waals surface area contributed by atoms with E-state index in [4.69, 9.17) is 23.9 Å². The van der Waals surface area contributed by atoms with Crippen molar-refractivity contribution in [1.29, 1.82) is 0 Å². The lowest BCUT2D eigenvalue weighted by molar-refractivity contribution is 0.0661. The molecule has 7 heteroatoms. The first-order valence-electron chi connectivity index (χ1n) is 16.6. The van der Waals surface area contributed by atoms with Gasteiger partial charge in [-0.1, -0.05) is 54.6 Å². The summed E-state index contributed by atoms with van der Waals surface area (Å²) in [5, 5.41) is 0.836. The molecule has 0 saturated carbocycles. The van der Waals surface area contributed by atoms with Crippen LogP contribution in [0.25, 0.3) is 22.2 Å². The number of carbonyl (C=O) groups excluding carboxylic acids is 1. The van der Waals surface area contributed by atoms with E-state index < -0.39 is 0 Å². The number of fused-ring (bicyclic) bond motifs is 2. The van der Waals surface area contributed by atoms with E-state index in [-0.39, 0.29) is 11.9 Å². The van der Waals surface area contributed by atoms with Gasteiger partial charge >= 0.3 is 0 Å². The SMILES string of the molecule is CCOc1ccc(C[C@@H]2c3cc(OCC)c(OCC)cc3CCN2C(=O)c2cc(-c3ccccc3)nc3ccccc23)cc1OCC. The second-order valence-corrected chi connectivity index (χ2v) is 11.4. The fraction of sp³-hybridized carbons (Fsp3) is 0.300. The lowest BCUT2D eigenvalue weighted by Gasteiger charge is -2.38. The summed E-state index contributed by atoms with van der Waals surface area (Å²) < 4.78 is 23.9. The molecular formula is C40H42N2O5. The van der Waals surface area contributed by atoms with Gasteiger partial charge in [0.2, 0.25) is 0 Å². The molecule has 7 nitrogen and oxygen atoms in total. The molecule has 0 aliphatic carbocycles. The lowest BCUT2D eigenvalue weighted by atomic mass is 9.87. The molecule has 0 saturated heterocycles. The molecule has 1 aliphatic heterocycles. The number of nitrogens with zero attached hydrogens (tertiary/aromatic N) is 2. The number of aromatic nitrogens is 1. The molecule has 1 atom stereocenters. The number of hydrogen-bond donors (Lipinski definition) is 0. The van der Waals surface area contributed by atoms with Gasteiger partial charge in [0, 0.05) is 17.5 Å². The fourth-order valence-electron chi connectivity index (χ4n) is 6.42. The average molecular weight is 631 g/mol. The van der Waals surface area contributed by atoms with E-state index in [2.05, 4.69) is 18.2 Å². The second kappa shape index (κ2) is 14.6. The van der Waals surface area contributed by atoms with Crippen LogP contribution in [-0.4, -0.2) is 48.8 Å². The molecule has 6 rings (SSSR count). The Bertz CT molecular complexity index is 1860. The van der Waals surface area contributed by atoms with E-state index in [1.807, 2.05) is 105 Å². The Morgan fingerprint density at radius 3 is 2.09 bits per heavy atom. The Morgan fingerprint density at radius 1 is 0.723 bits per heavy atom. The summed E-state index contributed by atoms with van der Waals surface area (Å²) in [6.07, 6.45) is 1.28. The first-order valence-corrected chi connectivity index (χ1v) is 16.6. The maximum absolute atomic E-state index is 14.9. The van der Waals surface area contributed by atoms with E-state index in [0.717, 1.165) is 44.6 Å². The van der Waals surface area contributed by atoms with Crippen molar-refractivity contribution in [2.45, 2.75) is 46.6 Å². The first kappa shape index (κ1) is 31.9. The summed E-state index contributed by atoms with van der Waals surface area (Å²) in [4.78, 5) is 21.9. The van der Waals surface area contributed by atoms with Gasteiger partial charge in [0.15, 0.2) is 23.0 Å². The van der Waals surface area contributed by atoms with Gasteiger partial charge in [-0.05, 0) is 93.6 Å². The van der Waals surface area contributed by atoms with E-state index in [9.17, 15) is 4.79 Å². The summed E-state index contributed by atoms with van der Waals surface area (Å²) in [7, 11) is 0. The number of amides is 1. The van der Waals surface area contributed by atoms with Crippen molar-refractivity contribution < 1.29 is 23.7 Å². The minimum atomic E-state index is -0.263. The number of ether oxygens (including phenoxy) is 4. The number of pyridine rings is 1. The summed E-state index contributed by atoms with van der Waals surface area (Å²) in [6, 6.07) is 29.8. The van der Waals surface area contributed by atoms with Crippen LogP contribution in [0.3, 0.4) is 0 Å². The van der Waals surface area contributed by atoms with Crippen LogP contribution in [0.2, 0.25) is 0 Å². The van der Waals surface area contributed by atoms with E-state index in [0.29, 0.717) is 68.6 Å². The van der Waals surface area contributed by atoms with Gasteiger partial charge in [-0.3, -0.25) is 4.79 Å². The summed E-state index contributed by atoms with van der Waals surface area (Å²) in [5.74, 6) is 2.81. The molecule has 2 heterocycles. The number of hydrogen-bond acceptors (Lipinski definition) is 6. The van der Waals surface area contributed by atoms with E-state index >= 15 is 0 Å². The molecule has 0 fully saturated rings. The smallest absolute Gasteiger partial charge is 0.255 e. The Kier molecular flexibility index (Phi) is 9.91. The molecule has 242 valence electrons. The monoisotopic (exact) mass is 630 g/mol. The summed E-state index contributed by atoms with van der Waals surface area (Å²) in [6.45, 7) is 10.6. The van der Waals surface area contributed by atoms with Gasteiger partial charge in [-0.2, -0.15) is 0 Å². The average Bonchev–Trinajstić information content (AvgIpc) is 3.10. The van der Waals surface area contributed by atoms with E-state index in [1.54, 1.807) is 0 Å². The quantitative estimate of drug-likeness (QED) is 0.138. The largest absolute Gasteiger partial charge is 0.490 e. The van der Waals surface area contributed by atoms with Crippen molar-refractivity contribution in [1.82, 2.24) is 9.88 Å². The summed E-state index contributed by atoms with van der Waals surface area (Å²) in [5.41, 5.74) is 6.44. The predicted molar refractivity (Wildman–Crippen MR) is 186 cm³/mol. The zero-order valence-electron chi connectivity index (χ0n) is 27.6. The Hall–Kier alpha value is -5.04. The van der Waals surface area contributed by atoms with Crippen molar-refractivity contribution >= 4 is 16.8 Å². The molecule has 0 radical (unpaired) electrons. The normalized spacial score (nSPS) is 14.0. The van der Waals surface area contributed by atoms with Crippen molar-refractivity contribution in [3.05, 3.63) is 113 Å². The highest BCUT2D eigenvalue weighted by Crippen LogP contribution is 2.42. The molecule has 1 amide bonds. The van der Waals surface area contributed by atoms with E-state index in [1.165, 1.54) is 0 Å². The first-order chi connectivity index (χ1) is 23.0. The predicted octanol–water partition coefficient (Wildman–Crippen LogP) is 8.48. The molecular weight excluding hydrogens is 588 g/mol. The highest BCUT2D eigenvalue weighted by atomic mass is 16.5. The molecule has 1 aliphatic rings. The number of rotatable bonds is 12. The Balaban J connectivity index is 1.48. The Morgan fingerprint density at radius 2 is 1.36 bits per heavy atom. The van der Waals surface area contributed by atoms with Gasteiger partial charge in [0.05, 0.1) is 49.2 Å².